The number of benzene rings is 1. The van der Waals surface area contributed by atoms with Crippen molar-refractivity contribution in [2.24, 2.45) is 5.14 Å². The molecule has 0 saturated carbocycles. The highest BCUT2D eigenvalue weighted by Crippen LogP contribution is 2.23. The monoisotopic (exact) mass is 330 g/mol. The van der Waals surface area contributed by atoms with Crippen LogP contribution in [0.4, 0.5) is 5.69 Å². The van der Waals surface area contributed by atoms with E-state index >= 15 is 0 Å². The van der Waals surface area contributed by atoms with Gasteiger partial charge in [0.1, 0.15) is 4.21 Å². The summed E-state index contributed by atoms with van der Waals surface area (Å²) in [6.07, 6.45) is 0. The maximum atomic E-state index is 12.0. The molecule has 20 heavy (non-hydrogen) atoms. The minimum Gasteiger partial charge on any atom is -0.322 e. The number of rotatable bonds is 3. The maximum absolute atomic E-state index is 12.0. The van der Waals surface area contributed by atoms with E-state index in [1.165, 1.54) is 11.4 Å². The second kappa shape index (κ2) is 5.53. The molecule has 8 heteroatoms. The molecule has 1 heterocycles. The molecule has 1 aromatic carbocycles. The largest absolute Gasteiger partial charge is 0.322 e. The number of hydrogen-bond donors (Lipinski definition) is 2. The number of primary sulfonamides is 1. The third kappa shape index (κ3) is 3.37. The highest BCUT2D eigenvalue weighted by atomic mass is 35.5. The van der Waals surface area contributed by atoms with Crippen LogP contribution >= 0.6 is 22.9 Å². The van der Waals surface area contributed by atoms with Crippen molar-refractivity contribution in [2.75, 3.05) is 5.32 Å². The van der Waals surface area contributed by atoms with Crippen LogP contribution in [0.3, 0.4) is 0 Å². The average molecular weight is 331 g/mol. The summed E-state index contributed by atoms with van der Waals surface area (Å²) in [4.78, 5) is 12.0. The summed E-state index contributed by atoms with van der Waals surface area (Å²) in [5.41, 5.74) is 1.66. The van der Waals surface area contributed by atoms with Gasteiger partial charge in [-0.25, -0.2) is 13.6 Å². The summed E-state index contributed by atoms with van der Waals surface area (Å²) < 4.78 is 22.3. The Morgan fingerprint density at radius 1 is 1.35 bits per heavy atom. The third-order valence-corrected chi connectivity index (χ3v) is 5.19. The molecule has 0 fully saturated rings. The van der Waals surface area contributed by atoms with E-state index in [2.05, 4.69) is 5.32 Å². The van der Waals surface area contributed by atoms with Gasteiger partial charge >= 0.3 is 0 Å². The van der Waals surface area contributed by atoms with Crippen LogP contribution in [0.25, 0.3) is 0 Å². The van der Waals surface area contributed by atoms with Crippen molar-refractivity contribution in [3.8, 4) is 0 Å². The van der Waals surface area contributed by atoms with E-state index in [0.29, 0.717) is 10.7 Å². The van der Waals surface area contributed by atoms with Crippen LogP contribution in [0.15, 0.2) is 33.9 Å². The summed E-state index contributed by atoms with van der Waals surface area (Å²) >= 11 is 6.77. The van der Waals surface area contributed by atoms with Crippen molar-refractivity contribution in [2.45, 2.75) is 11.1 Å². The Bertz CT molecular complexity index is 769. The van der Waals surface area contributed by atoms with Gasteiger partial charge in [0, 0.05) is 16.1 Å². The van der Waals surface area contributed by atoms with E-state index in [-0.39, 0.29) is 9.77 Å². The van der Waals surface area contributed by atoms with Crippen LogP contribution < -0.4 is 10.5 Å². The molecule has 0 aliphatic heterocycles. The number of nitrogens with one attached hydrogen (secondary N) is 1. The Morgan fingerprint density at radius 2 is 2.05 bits per heavy atom. The van der Waals surface area contributed by atoms with Crippen LogP contribution in [-0.2, 0) is 10.0 Å². The fourth-order valence-corrected chi connectivity index (χ4v) is 3.27. The topological polar surface area (TPSA) is 89.3 Å². The van der Waals surface area contributed by atoms with Crippen LogP contribution in [0.1, 0.15) is 15.9 Å². The molecule has 2 rings (SSSR count). The number of nitrogens with two attached hydrogens (primary N) is 1. The molecule has 0 aliphatic rings. The van der Waals surface area contributed by atoms with Gasteiger partial charge in [0.25, 0.3) is 5.91 Å². The quantitative estimate of drug-likeness (QED) is 0.906. The second-order valence-electron chi connectivity index (χ2n) is 4.11. The number of amides is 1. The molecule has 0 bridgehead atoms. The van der Waals surface area contributed by atoms with Crippen LogP contribution in [0, 0.1) is 6.92 Å². The molecule has 0 saturated heterocycles. The molecule has 0 spiro atoms. The molecule has 5 nitrogen and oxygen atoms in total. The molecule has 1 aromatic heterocycles. The third-order valence-electron chi connectivity index (χ3n) is 2.57. The first-order valence-electron chi connectivity index (χ1n) is 5.46. The van der Waals surface area contributed by atoms with Gasteiger partial charge in [-0.1, -0.05) is 17.7 Å². The molecule has 1 amide bonds. The summed E-state index contributed by atoms with van der Waals surface area (Å²) in [5.74, 6) is -0.415. The van der Waals surface area contributed by atoms with Crippen molar-refractivity contribution >= 4 is 44.6 Å². The molecule has 0 atom stereocenters. The molecular formula is C12H11ClN2O3S2. The lowest BCUT2D eigenvalue weighted by atomic mass is 10.2. The number of hydrogen-bond acceptors (Lipinski definition) is 4. The number of aryl methyl sites for hydroxylation is 1. The Morgan fingerprint density at radius 3 is 2.65 bits per heavy atom. The number of anilines is 1. The summed E-state index contributed by atoms with van der Waals surface area (Å²) in [5, 5.41) is 9.62. The lowest BCUT2D eigenvalue weighted by Crippen LogP contribution is -2.13. The maximum Gasteiger partial charge on any atom is 0.256 e. The average Bonchev–Trinajstić information content (AvgIpc) is 2.83. The van der Waals surface area contributed by atoms with Crippen molar-refractivity contribution < 1.29 is 13.2 Å². The van der Waals surface area contributed by atoms with E-state index in [4.69, 9.17) is 16.7 Å². The van der Waals surface area contributed by atoms with E-state index in [9.17, 15) is 13.2 Å². The van der Waals surface area contributed by atoms with Gasteiger partial charge in [-0.2, -0.15) is 0 Å². The van der Waals surface area contributed by atoms with Crippen molar-refractivity contribution in [3.05, 3.63) is 45.8 Å². The van der Waals surface area contributed by atoms with Gasteiger partial charge in [-0.3, -0.25) is 4.79 Å². The first-order chi connectivity index (χ1) is 9.27. The standard InChI is InChI=1S/C12H11ClN2O3S2/c1-7-2-3-9(13)5-10(7)15-12(16)8-4-11(19-6-8)20(14,17)18/h2-6H,1H3,(H,15,16)(H2,14,17,18). The highest BCUT2D eigenvalue weighted by molar-refractivity contribution is 7.91. The SMILES string of the molecule is Cc1ccc(Cl)cc1NC(=O)c1csc(S(N)(=O)=O)c1. The number of carbonyl (C=O) groups is 1. The van der Waals surface area contributed by atoms with Gasteiger partial charge < -0.3 is 5.32 Å². The van der Waals surface area contributed by atoms with Crippen LogP contribution in [0.2, 0.25) is 5.02 Å². The van der Waals surface area contributed by atoms with Crippen molar-refractivity contribution in [3.63, 3.8) is 0 Å². The molecule has 3 N–H and O–H groups in total. The van der Waals surface area contributed by atoms with Crippen LogP contribution in [-0.4, -0.2) is 14.3 Å². The van der Waals surface area contributed by atoms with Gasteiger partial charge in [-0.05, 0) is 30.7 Å². The predicted octanol–water partition coefficient (Wildman–Crippen LogP) is 2.61. The molecule has 0 radical (unpaired) electrons. The first kappa shape index (κ1) is 15.0. The Labute approximate surface area is 125 Å². The molecule has 2 aromatic rings. The lowest BCUT2D eigenvalue weighted by molar-refractivity contribution is 0.102. The number of thiophene rings is 1. The van der Waals surface area contributed by atoms with Gasteiger partial charge in [0.2, 0.25) is 10.0 Å². The fraction of sp³-hybridized carbons (Fsp3) is 0.0833. The Kier molecular flexibility index (Phi) is 4.14. The van der Waals surface area contributed by atoms with E-state index < -0.39 is 15.9 Å². The predicted molar refractivity (Wildman–Crippen MR) is 79.8 cm³/mol. The fourth-order valence-electron chi connectivity index (χ4n) is 1.51. The normalized spacial score (nSPS) is 11.3. The highest BCUT2D eigenvalue weighted by Gasteiger charge is 2.15. The van der Waals surface area contributed by atoms with Crippen molar-refractivity contribution in [1.82, 2.24) is 0 Å². The lowest BCUT2D eigenvalue weighted by Gasteiger charge is -2.07. The van der Waals surface area contributed by atoms with Gasteiger partial charge in [0.15, 0.2) is 0 Å². The Balaban J connectivity index is 2.24. The molecule has 0 aliphatic carbocycles. The number of carbonyl (C=O) groups excluding carboxylic acids is 1. The summed E-state index contributed by atoms with van der Waals surface area (Å²) in [6, 6.07) is 6.37. The minimum absolute atomic E-state index is 0.0505. The smallest absolute Gasteiger partial charge is 0.256 e. The van der Waals surface area contributed by atoms with Crippen LogP contribution in [0.5, 0.6) is 0 Å². The Hall–Kier alpha value is -1.41. The minimum atomic E-state index is -3.79. The van der Waals surface area contributed by atoms with Gasteiger partial charge in [0.05, 0.1) is 5.56 Å². The molecule has 106 valence electrons. The van der Waals surface area contributed by atoms with Gasteiger partial charge in [-0.15, -0.1) is 11.3 Å². The zero-order valence-corrected chi connectivity index (χ0v) is 12.8. The number of halogens is 1. The summed E-state index contributed by atoms with van der Waals surface area (Å²) in [6.45, 7) is 1.83. The first-order valence-corrected chi connectivity index (χ1v) is 8.26. The van der Waals surface area contributed by atoms with E-state index in [1.807, 2.05) is 6.92 Å². The molecule has 0 unspecified atom stereocenters. The zero-order valence-electron chi connectivity index (χ0n) is 10.4. The number of sulfonamides is 1. The molecular weight excluding hydrogens is 320 g/mol. The van der Waals surface area contributed by atoms with E-state index in [1.54, 1.807) is 18.2 Å². The second-order valence-corrected chi connectivity index (χ2v) is 7.25. The zero-order chi connectivity index (χ0) is 14.9. The van der Waals surface area contributed by atoms with E-state index in [0.717, 1.165) is 16.9 Å². The summed E-state index contributed by atoms with van der Waals surface area (Å²) in [7, 11) is -3.79. The van der Waals surface area contributed by atoms with Crippen molar-refractivity contribution in [1.29, 1.82) is 0 Å².